The van der Waals surface area contributed by atoms with E-state index in [0.29, 0.717) is 24.5 Å². The van der Waals surface area contributed by atoms with Crippen molar-refractivity contribution in [2.45, 2.75) is 18.9 Å². The maximum absolute atomic E-state index is 13.6. The second-order valence-electron chi connectivity index (χ2n) is 5.16. The van der Waals surface area contributed by atoms with Gasteiger partial charge < -0.3 is 10.2 Å². The summed E-state index contributed by atoms with van der Waals surface area (Å²) in [6, 6.07) is 8.52. The molecule has 1 saturated heterocycles. The Morgan fingerprint density at radius 1 is 1.29 bits per heavy atom. The van der Waals surface area contributed by atoms with Crippen molar-refractivity contribution in [1.82, 2.24) is 15.1 Å². The number of piperidine rings is 1. The first-order valence-electron chi connectivity index (χ1n) is 7.04. The highest BCUT2D eigenvalue weighted by molar-refractivity contribution is 5.92. The number of para-hydroxylation sites is 1. The van der Waals surface area contributed by atoms with Crippen LogP contribution in [0.1, 0.15) is 23.3 Å². The van der Waals surface area contributed by atoms with Crippen molar-refractivity contribution in [2.75, 3.05) is 18.4 Å². The van der Waals surface area contributed by atoms with Gasteiger partial charge in [-0.15, -0.1) is 0 Å². The quantitative estimate of drug-likeness (QED) is 0.910. The average molecular weight is 288 g/mol. The number of rotatable bonds is 3. The molecule has 1 fully saturated rings. The summed E-state index contributed by atoms with van der Waals surface area (Å²) >= 11 is 0. The van der Waals surface area contributed by atoms with Crippen LogP contribution >= 0.6 is 0 Å². The molecular formula is C15H17FN4O. The van der Waals surface area contributed by atoms with Crippen LogP contribution in [0, 0.1) is 5.82 Å². The molecule has 0 unspecified atom stereocenters. The van der Waals surface area contributed by atoms with Gasteiger partial charge in [0.2, 0.25) is 0 Å². The van der Waals surface area contributed by atoms with Gasteiger partial charge in [0.25, 0.3) is 5.91 Å². The molecule has 2 aromatic rings. The molecule has 0 bridgehead atoms. The summed E-state index contributed by atoms with van der Waals surface area (Å²) in [5.74, 6) is -0.273. The van der Waals surface area contributed by atoms with Gasteiger partial charge in [-0.3, -0.25) is 9.89 Å². The van der Waals surface area contributed by atoms with Crippen LogP contribution in [0.4, 0.5) is 10.1 Å². The third kappa shape index (κ3) is 3.04. The van der Waals surface area contributed by atoms with E-state index in [1.54, 1.807) is 29.3 Å². The van der Waals surface area contributed by atoms with Crippen molar-refractivity contribution in [3.8, 4) is 0 Å². The van der Waals surface area contributed by atoms with E-state index < -0.39 is 0 Å². The van der Waals surface area contributed by atoms with Crippen LogP contribution in [-0.2, 0) is 0 Å². The van der Waals surface area contributed by atoms with E-state index >= 15 is 0 Å². The highest BCUT2D eigenvalue weighted by Crippen LogP contribution is 2.19. The summed E-state index contributed by atoms with van der Waals surface area (Å²) < 4.78 is 13.6. The van der Waals surface area contributed by atoms with Gasteiger partial charge in [-0.05, 0) is 31.0 Å². The Kier molecular flexibility index (Phi) is 3.85. The number of aromatic nitrogens is 2. The fourth-order valence-corrected chi connectivity index (χ4v) is 2.57. The predicted molar refractivity (Wildman–Crippen MR) is 77.5 cm³/mol. The summed E-state index contributed by atoms with van der Waals surface area (Å²) in [7, 11) is 0. The Balaban J connectivity index is 1.56. The predicted octanol–water partition coefficient (Wildman–Crippen LogP) is 2.27. The third-order valence-electron chi connectivity index (χ3n) is 3.75. The number of hydrogen-bond donors (Lipinski definition) is 2. The number of hydrogen-bond acceptors (Lipinski definition) is 3. The Bertz CT molecular complexity index is 606. The van der Waals surface area contributed by atoms with E-state index in [9.17, 15) is 9.18 Å². The summed E-state index contributed by atoms with van der Waals surface area (Å²) in [4.78, 5) is 14.0. The molecule has 2 heterocycles. The van der Waals surface area contributed by atoms with Crippen molar-refractivity contribution in [3.63, 3.8) is 0 Å². The zero-order valence-corrected chi connectivity index (χ0v) is 11.6. The van der Waals surface area contributed by atoms with Crippen molar-refractivity contribution in [2.24, 2.45) is 0 Å². The molecule has 1 amide bonds. The molecule has 6 heteroatoms. The Hall–Kier alpha value is -2.37. The van der Waals surface area contributed by atoms with Gasteiger partial charge in [0.15, 0.2) is 0 Å². The maximum Gasteiger partial charge on any atom is 0.271 e. The molecule has 5 nitrogen and oxygen atoms in total. The van der Waals surface area contributed by atoms with Gasteiger partial charge in [0.05, 0.1) is 5.69 Å². The molecule has 0 aliphatic carbocycles. The van der Waals surface area contributed by atoms with Gasteiger partial charge in [0.1, 0.15) is 11.5 Å². The number of benzene rings is 1. The molecule has 1 aliphatic heterocycles. The average Bonchev–Trinajstić information content (AvgIpc) is 3.04. The van der Waals surface area contributed by atoms with E-state index in [0.717, 1.165) is 12.8 Å². The topological polar surface area (TPSA) is 61.0 Å². The van der Waals surface area contributed by atoms with E-state index in [1.165, 1.54) is 6.07 Å². The Labute approximate surface area is 122 Å². The SMILES string of the molecule is O=C(c1ccn[nH]1)N1CCC(Nc2ccccc2F)CC1. The lowest BCUT2D eigenvalue weighted by molar-refractivity contribution is 0.0712. The number of aromatic amines is 1. The second kappa shape index (κ2) is 5.95. The molecule has 0 spiro atoms. The fourth-order valence-electron chi connectivity index (χ4n) is 2.57. The van der Waals surface area contributed by atoms with E-state index in [2.05, 4.69) is 15.5 Å². The van der Waals surface area contributed by atoms with Crippen LogP contribution in [0.15, 0.2) is 36.5 Å². The monoisotopic (exact) mass is 288 g/mol. The lowest BCUT2D eigenvalue weighted by atomic mass is 10.0. The number of likely N-dealkylation sites (tertiary alicyclic amines) is 1. The summed E-state index contributed by atoms with van der Waals surface area (Å²) in [5.41, 5.74) is 1.03. The number of nitrogens with one attached hydrogen (secondary N) is 2. The smallest absolute Gasteiger partial charge is 0.271 e. The molecule has 3 rings (SSSR count). The van der Waals surface area contributed by atoms with Gasteiger partial charge in [-0.2, -0.15) is 5.10 Å². The van der Waals surface area contributed by atoms with Crippen LogP contribution in [0.3, 0.4) is 0 Å². The zero-order valence-electron chi connectivity index (χ0n) is 11.6. The first-order valence-corrected chi connectivity index (χ1v) is 7.04. The molecule has 0 saturated carbocycles. The number of halogens is 1. The first-order chi connectivity index (χ1) is 10.2. The van der Waals surface area contributed by atoms with E-state index in [4.69, 9.17) is 0 Å². The third-order valence-corrected chi connectivity index (χ3v) is 3.75. The highest BCUT2D eigenvalue weighted by Gasteiger charge is 2.24. The molecule has 21 heavy (non-hydrogen) atoms. The number of carbonyl (C=O) groups excluding carboxylic acids is 1. The molecule has 1 aromatic carbocycles. The molecular weight excluding hydrogens is 271 g/mol. The minimum absolute atomic E-state index is 0.0307. The standard InChI is InChI=1S/C15H17FN4O/c16-12-3-1-2-4-13(12)18-11-6-9-20(10-7-11)15(21)14-5-8-17-19-14/h1-5,8,11,18H,6-7,9-10H2,(H,17,19). The number of anilines is 1. The Morgan fingerprint density at radius 3 is 2.71 bits per heavy atom. The second-order valence-corrected chi connectivity index (χ2v) is 5.16. The van der Waals surface area contributed by atoms with Gasteiger partial charge in [0, 0.05) is 25.3 Å². The van der Waals surface area contributed by atoms with Crippen molar-refractivity contribution < 1.29 is 9.18 Å². The molecule has 1 aliphatic rings. The zero-order chi connectivity index (χ0) is 14.7. The summed E-state index contributed by atoms with van der Waals surface area (Å²) in [5, 5.41) is 9.69. The maximum atomic E-state index is 13.6. The van der Waals surface area contributed by atoms with E-state index in [1.807, 2.05) is 6.07 Å². The molecule has 0 radical (unpaired) electrons. The lowest BCUT2D eigenvalue weighted by Crippen LogP contribution is -2.42. The molecule has 110 valence electrons. The fraction of sp³-hybridized carbons (Fsp3) is 0.333. The van der Waals surface area contributed by atoms with Crippen LogP contribution in [0.25, 0.3) is 0 Å². The number of amides is 1. The molecule has 2 N–H and O–H groups in total. The summed E-state index contributed by atoms with van der Waals surface area (Å²) in [6.07, 6.45) is 3.17. The van der Waals surface area contributed by atoms with Crippen LogP contribution in [-0.4, -0.2) is 40.1 Å². The number of H-pyrrole nitrogens is 1. The summed E-state index contributed by atoms with van der Waals surface area (Å²) in [6.45, 7) is 1.31. The minimum atomic E-state index is -0.242. The van der Waals surface area contributed by atoms with Gasteiger partial charge in [-0.1, -0.05) is 12.1 Å². The van der Waals surface area contributed by atoms with Crippen molar-refractivity contribution >= 4 is 11.6 Å². The number of carbonyl (C=O) groups is 1. The van der Waals surface area contributed by atoms with Gasteiger partial charge in [-0.25, -0.2) is 4.39 Å². The largest absolute Gasteiger partial charge is 0.380 e. The first kappa shape index (κ1) is 13.6. The van der Waals surface area contributed by atoms with Crippen molar-refractivity contribution in [3.05, 3.63) is 48.0 Å². The van der Waals surface area contributed by atoms with Crippen LogP contribution in [0.2, 0.25) is 0 Å². The lowest BCUT2D eigenvalue weighted by Gasteiger charge is -2.32. The van der Waals surface area contributed by atoms with Crippen LogP contribution < -0.4 is 5.32 Å². The highest BCUT2D eigenvalue weighted by atomic mass is 19.1. The van der Waals surface area contributed by atoms with Crippen LogP contribution in [0.5, 0.6) is 0 Å². The molecule has 0 atom stereocenters. The normalized spacial score (nSPS) is 16.0. The molecule has 1 aromatic heterocycles. The van der Waals surface area contributed by atoms with E-state index in [-0.39, 0.29) is 17.8 Å². The van der Waals surface area contributed by atoms with Gasteiger partial charge >= 0.3 is 0 Å². The minimum Gasteiger partial charge on any atom is -0.380 e. The van der Waals surface area contributed by atoms with Crippen molar-refractivity contribution in [1.29, 1.82) is 0 Å². The number of nitrogens with zero attached hydrogens (tertiary/aromatic N) is 2. The Morgan fingerprint density at radius 2 is 2.05 bits per heavy atom.